The van der Waals surface area contributed by atoms with Crippen molar-refractivity contribution in [3.63, 3.8) is 0 Å². The maximum Gasteiger partial charge on any atom is 0.354 e. The van der Waals surface area contributed by atoms with Gasteiger partial charge in [0.15, 0.2) is 0 Å². The van der Waals surface area contributed by atoms with Crippen molar-refractivity contribution in [3.8, 4) is 0 Å². The molecule has 6 nitrogen and oxygen atoms in total. The molecule has 0 saturated carbocycles. The van der Waals surface area contributed by atoms with Crippen LogP contribution in [0.5, 0.6) is 0 Å². The zero-order valence-electron chi connectivity index (χ0n) is 9.47. The van der Waals surface area contributed by atoms with E-state index in [1.807, 2.05) is 6.92 Å². The summed E-state index contributed by atoms with van der Waals surface area (Å²) in [7, 11) is 0. The second kappa shape index (κ2) is 6.59. The van der Waals surface area contributed by atoms with E-state index in [0.29, 0.717) is 12.3 Å². The number of ether oxygens (including phenoxy) is 1. The largest absolute Gasteiger partial charge is 0.477 e. The van der Waals surface area contributed by atoms with Crippen LogP contribution in [0.15, 0.2) is 18.3 Å². The molecule has 1 heterocycles. The summed E-state index contributed by atoms with van der Waals surface area (Å²) in [6.45, 7) is 2.42. The van der Waals surface area contributed by atoms with Crippen LogP contribution in [-0.2, 0) is 9.53 Å². The van der Waals surface area contributed by atoms with Crippen molar-refractivity contribution in [3.05, 3.63) is 24.0 Å². The predicted octanol–water partition coefficient (Wildman–Crippen LogP) is 1.14. The lowest BCUT2D eigenvalue weighted by molar-refractivity contribution is -0.120. The number of carboxylic acids is 1. The Morgan fingerprint density at radius 2 is 2.29 bits per heavy atom. The van der Waals surface area contributed by atoms with Crippen LogP contribution in [0.4, 0.5) is 5.69 Å². The molecule has 6 heteroatoms. The van der Waals surface area contributed by atoms with Crippen LogP contribution >= 0.6 is 0 Å². The molecule has 1 amide bonds. The minimum Gasteiger partial charge on any atom is -0.477 e. The third-order valence-electron chi connectivity index (χ3n) is 1.84. The third-order valence-corrected chi connectivity index (χ3v) is 1.84. The van der Waals surface area contributed by atoms with Gasteiger partial charge in [-0.15, -0.1) is 0 Å². The summed E-state index contributed by atoms with van der Waals surface area (Å²) in [6.07, 6.45) is 2.16. The van der Waals surface area contributed by atoms with E-state index in [1.165, 1.54) is 18.3 Å². The Labute approximate surface area is 98.6 Å². The van der Waals surface area contributed by atoms with Crippen molar-refractivity contribution in [2.75, 3.05) is 18.5 Å². The normalized spacial score (nSPS) is 9.94. The average molecular weight is 238 g/mol. The van der Waals surface area contributed by atoms with E-state index in [4.69, 9.17) is 9.84 Å². The third kappa shape index (κ3) is 4.60. The number of amides is 1. The quantitative estimate of drug-likeness (QED) is 0.725. The number of aromatic nitrogens is 1. The molecule has 0 aliphatic rings. The van der Waals surface area contributed by atoms with Gasteiger partial charge in [0.05, 0.1) is 0 Å². The van der Waals surface area contributed by atoms with E-state index < -0.39 is 5.97 Å². The molecule has 0 atom stereocenters. The number of hydrogen-bond acceptors (Lipinski definition) is 4. The first kappa shape index (κ1) is 13.1. The number of aromatic carboxylic acids is 1. The predicted molar refractivity (Wildman–Crippen MR) is 60.9 cm³/mol. The van der Waals surface area contributed by atoms with Crippen LogP contribution in [0, 0.1) is 0 Å². The number of pyridine rings is 1. The van der Waals surface area contributed by atoms with Crippen molar-refractivity contribution in [2.24, 2.45) is 0 Å². The van der Waals surface area contributed by atoms with Gasteiger partial charge >= 0.3 is 5.97 Å². The van der Waals surface area contributed by atoms with Gasteiger partial charge in [-0.1, -0.05) is 6.92 Å². The Morgan fingerprint density at radius 1 is 1.53 bits per heavy atom. The van der Waals surface area contributed by atoms with Crippen LogP contribution in [-0.4, -0.2) is 35.2 Å². The molecule has 2 N–H and O–H groups in total. The fraction of sp³-hybridized carbons (Fsp3) is 0.364. The van der Waals surface area contributed by atoms with Crippen molar-refractivity contribution in [1.29, 1.82) is 0 Å². The number of nitrogens with one attached hydrogen (secondary N) is 1. The summed E-state index contributed by atoms with van der Waals surface area (Å²) in [5.41, 5.74) is 0.278. The van der Waals surface area contributed by atoms with Gasteiger partial charge in [0.1, 0.15) is 12.3 Å². The SMILES string of the molecule is CCCOCC(=O)Nc1ccnc(C(=O)O)c1. The molecule has 0 aliphatic heterocycles. The zero-order valence-corrected chi connectivity index (χ0v) is 9.47. The molecule has 1 aromatic rings. The monoisotopic (exact) mass is 238 g/mol. The Bertz CT molecular complexity index is 406. The van der Waals surface area contributed by atoms with Gasteiger partial charge in [-0.05, 0) is 18.6 Å². The first-order valence-electron chi connectivity index (χ1n) is 5.20. The average Bonchev–Trinajstić information content (AvgIpc) is 2.29. The van der Waals surface area contributed by atoms with E-state index in [2.05, 4.69) is 10.3 Å². The molecule has 0 unspecified atom stereocenters. The molecule has 0 radical (unpaired) electrons. The van der Waals surface area contributed by atoms with Crippen molar-refractivity contribution in [1.82, 2.24) is 4.98 Å². The molecule has 1 rings (SSSR count). The van der Waals surface area contributed by atoms with Crippen LogP contribution in [0.25, 0.3) is 0 Å². The van der Waals surface area contributed by atoms with E-state index in [1.54, 1.807) is 0 Å². The van der Waals surface area contributed by atoms with Gasteiger partial charge in [0, 0.05) is 18.5 Å². The minimum atomic E-state index is -1.14. The van der Waals surface area contributed by atoms with Gasteiger partial charge in [-0.2, -0.15) is 0 Å². The number of rotatable bonds is 6. The van der Waals surface area contributed by atoms with E-state index >= 15 is 0 Å². The summed E-state index contributed by atoms with van der Waals surface area (Å²) in [5.74, 6) is -1.45. The van der Waals surface area contributed by atoms with Gasteiger partial charge in [-0.3, -0.25) is 4.79 Å². The number of carboxylic acid groups (broad SMARTS) is 1. The Hall–Kier alpha value is -1.95. The highest BCUT2D eigenvalue weighted by molar-refractivity contribution is 5.93. The summed E-state index contributed by atoms with van der Waals surface area (Å²) in [6, 6.07) is 2.81. The van der Waals surface area contributed by atoms with E-state index in [0.717, 1.165) is 6.42 Å². The summed E-state index contributed by atoms with van der Waals surface area (Å²) >= 11 is 0. The van der Waals surface area contributed by atoms with Crippen LogP contribution in [0.3, 0.4) is 0 Å². The minimum absolute atomic E-state index is 0.0431. The Balaban J connectivity index is 2.53. The fourth-order valence-electron chi connectivity index (χ4n) is 1.13. The molecule has 0 saturated heterocycles. The molecule has 0 aromatic carbocycles. The second-order valence-corrected chi connectivity index (χ2v) is 3.34. The molecule has 1 aromatic heterocycles. The number of carbonyl (C=O) groups is 2. The number of hydrogen-bond donors (Lipinski definition) is 2. The van der Waals surface area contributed by atoms with Crippen LogP contribution in [0.1, 0.15) is 23.8 Å². The zero-order chi connectivity index (χ0) is 12.7. The topological polar surface area (TPSA) is 88.5 Å². The first-order valence-corrected chi connectivity index (χ1v) is 5.20. The fourth-order valence-corrected chi connectivity index (χ4v) is 1.13. The highest BCUT2D eigenvalue weighted by Crippen LogP contribution is 2.07. The van der Waals surface area contributed by atoms with Crippen LogP contribution < -0.4 is 5.32 Å². The standard InChI is InChI=1S/C11H14N2O4/c1-2-5-17-7-10(14)13-8-3-4-12-9(6-8)11(15)16/h3-4,6H,2,5,7H2,1H3,(H,15,16)(H,12,13,14). The molecule has 0 aliphatic carbocycles. The summed E-state index contributed by atoms with van der Waals surface area (Å²) < 4.78 is 5.05. The van der Waals surface area contributed by atoms with Gasteiger partial charge in [-0.25, -0.2) is 9.78 Å². The molecular formula is C11H14N2O4. The van der Waals surface area contributed by atoms with Crippen molar-refractivity contribution >= 4 is 17.6 Å². The van der Waals surface area contributed by atoms with Gasteiger partial charge in [0.2, 0.25) is 5.91 Å². The highest BCUT2D eigenvalue weighted by Gasteiger charge is 2.07. The van der Waals surface area contributed by atoms with E-state index in [-0.39, 0.29) is 18.2 Å². The summed E-state index contributed by atoms with van der Waals surface area (Å²) in [5, 5.41) is 11.2. The lowest BCUT2D eigenvalue weighted by atomic mass is 10.3. The second-order valence-electron chi connectivity index (χ2n) is 3.34. The molecule has 17 heavy (non-hydrogen) atoms. The smallest absolute Gasteiger partial charge is 0.354 e. The lowest BCUT2D eigenvalue weighted by Crippen LogP contribution is -2.18. The molecule has 0 spiro atoms. The Kier molecular flexibility index (Phi) is 5.09. The Morgan fingerprint density at radius 3 is 2.94 bits per heavy atom. The molecular weight excluding hydrogens is 224 g/mol. The maximum absolute atomic E-state index is 11.4. The van der Waals surface area contributed by atoms with Crippen LogP contribution in [0.2, 0.25) is 0 Å². The maximum atomic E-state index is 11.4. The van der Waals surface area contributed by atoms with Gasteiger partial charge < -0.3 is 15.2 Å². The summed E-state index contributed by atoms with van der Waals surface area (Å²) in [4.78, 5) is 25.7. The molecule has 0 fully saturated rings. The van der Waals surface area contributed by atoms with Crippen molar-refractivity contribution < 1.29 is 19.4 Å². The van der Waals surface area contributed by atoms with E-state index in [9.17, 15) is 9.59 Å². The highest BCUT2D eigenvalue weighted by atomic mass is 16.5. The lowest BCUT2D eigenvalue weighted by Gasteiger charge is -2.05. The molecule has 92 valence electrons. The van der Waals surface area contributed by atoms with Crippen molar-refractivity contribution in [2.45, 2.75) is 13.3 Å². The number of nitrogens with zero attached hydrogens (tertiary/aromatic N) is 1. The number of carbonyl (C=O) groups excluding carboxylic acids is 1. The van der Waals surface area contributed by atoms with Gasteiger partial charge in [0.25, 0.3) is 0 Å². The first-order chi connectivity index (χ1) is 8.13. The molecule has 0 bridgehead atoms. The number of anilines is 1.